The molecule has 0 radical (unpaired) electrons. The Bertz CT molecular complexity index is 343. The number of nitrogen functional groups attached to an aromatic ring is 1. The van der Waals surface area contributed by atoms with Gasteiger partial charge in [0.2, 0.25) is 0 Å². The van der Waals surface area contributed by atoms with Gasteiger partial charge in [0.1, 0.15) is 0 Å². The van der Waals surface area contributed by atoms with Gasteiger partial charge in [-0.15, -0.1) is 0 Å². The van der Waals surface area contributed by atoms with Crippen LogP contribution in [0.4, 0.5) is 5.69 Å². The van der Waals surface area contributed by atoms with Crippen molar-refractivity contribution in [3.63, 3.8) is 0 Å². The first-order valence-electron chi connectivity index (χ1n) is 6.77. The molecule has 0 heterocycles. The van der Waals surface area contributed by atoms with E-state index in [4.69, 9.17) is 5.73 Å². The molecule has 2 rings (SSSR count). The smallest absolute Gasteiger partial charge is 0.0317 e. The summed E-state index contributed by atoms with van der Waals surface area (Å²) in [6.07, 6.45) is 7.16. The van der Waals surface area contributed by atoms with Gasteiger partial charge in [-0.1, -0.05) is 37.8 Å². The molecule has 1 aromatic carbocycles. The van der Waals surface area contributed by atoms with Crippen LogP contribution in [0.5, 0.6) is 0 Å². The topological polar surface area (TPSA) is 29.3 Å². The summed E-state index contributed by atoms with van der Waals surface area (Å²) in [6, 6.07) is 8.21. The minimum atomic E-state index is 0.867. The van der Waals surface area contributed by atoms with E-state index in [2.05, 4.69) is 24.1 Å². The van der Waals surface area contributed by atoms with Gasteiger partial charge < -0.3 is 10.6 Å². The van der Waals surface area contributed by atoms with Gasteiger partial charge in [0, 0.05) is 12.2 Å². The lowest BCUT2D eigenvalue weighted by Gasteiger charge is -2.19. The van der Waals surface area contributed by atoms with E-state index >= 15 is 0 Å². The quantitative estimate of drug-likeness (QED) is 0.789. The third-order valence-corrected chi connectivity index (χ3v) is 3.80. The molecule has 1 saturated carbocycles. The zero-order valence-corrected chi connectivity index (χ0v) is 10.9. The Morgan fingerprint density at radius 2 is 2.06 bits per heavy atom. The second-order valence-corrected chi connectivity index (χ2v) is 5.42. The largest absolute Gasteiger partial charge is 0.399 e. The van der Waals surface area contributed by atoms with E-state index in [0.29, 0.717) is 0 Å². The highest BCUT2D eigenvalue weighted by Gasteiger charge is 2.15. The maximum atomic E-state index is 5.79. The first-order valence-corrected chi connectivity index (χ1v) is 6.77. The molecule has 1 aliphatic carbocycles. The number of nitrogens with zero attached hydrogens (tertiary/aromatic N) is 1. The van der Waals surface area contributed by atoms with Gasteiger partial charge in [-0.3, -0.25) is 0 Å². The van der Waals surface area contributed by atoms with Gasteiger partial charge in [-0.2, -0.15) is 0 Å². The van der Waals surface area contributed by atoms with Crippen molar-refractivity contribution in [3.05, 3.63) is 29.8 Å². The molecule has 1 aliphatic rings. The number of benzene rings is 1. The Kier molecular flexibility index (Phi) is 4.43. The van der Waals surface area contributed by atoms with Crippen molar-refractivity contribution in [1.82, 2.24) is 4.90 Å². The maximum Gasteiger partial charge on any atom is 0.0317 e. The SMILES string of the molecule is CN(CCC1CCCC1)Cc1cccc(N)c1. The summed E-state index contributed by atoms with van der Waals surface area (Å²) in [5.41, 5.74) is 7.98. The summed E-state index contributed by atoms with van der Waals surface area (Å²) < 4.78 is 0. The Hall–Kier alpha value is -1.02. The van der Waals surface area contributed by atoms with Crippen molar-refractivity contribution < 1.29 is 0 Å². The molecule has 0 bridgehead atoms. The van der Waals surface area contributed by atoms with Crippen LogP contribution in [-0.4, -0.2) is 18.5 Å². The highest BCUT2D eigenvalue weighted by molar-refractivity contribution is 5.40. The lowest BCUT2D eigenvalue weighted by Crippen LogP contribution is -2.20. The second kappa shape index (κ2) is 6.06. The molecule has 2 N–H and O–H groups in total. The van der Waals surface area contributed by atoms with Gasteiger partial charge in [0.25, 0.3) is 0 Å². The zero-order valence-electron chi connectivity index (χ0n) is 10.9. The van der Waals surface area contributed by atoms with Gasteiger partial charge in [-0.05, 0) is 43.6 Å². The molecule has 94 valence electrons. The van der Waals surface area contributed by atoms with E-state index < -0.39 is 0 Å². The number of hydrogen-bond donors (Lipinski definition) is 1. The molecule has 2 nitrogen and oxygen atoms in total. The molecule has 0 saturated heterocycles. The summed E-state index contributed by atoms with van der Waals surface area (Å²) >= 11 is 0. The Balaban J connectivity index is 1.74. The van der Waals surface area contributed by atoms with E-state index in [1.165, 1.54) is 44.2 Å². The molecular formula is C15H24N2. The van der Waals surface area contributed by atoms with Gasteiger partial charge in [0.05, 0.1) is 0 Å². The van der Waals surface area contributed by atoms with Gasteiger partial charge in [0.15, 0.2) is 0 Å². The monoisotopic (exact) mass is 232 g/mol. The average molecular weight is 232 g/mol. The first kappa shape index (κ1) is 12.4. The Morgan fingerprint density at radius 3 is 2.76 bits per heavy atom. The molecule has 0 amide bonds. The van der Waals surface area contributed by atoms with Crippen molar-refractivity contribution in [2.45, 2.75) is 38.6 Å². The highest BCUT2D eigenvalue weighted by atomic mass is 15.1. The standard InChI is InChI=1S/C15H24N2/c1-17(10-9-13-5-2-3-6-13)12-14-7-4-8-15(16)11-14/h4,7-8,11,13H,2-3,5-6,9-10,12,16H2,1H3. The average Bonchev–Trinajstić information content (AvgIpc) is 2.79. The Labute approximate surface area is 105 Å². The summed E-state index contributed by atoms with van der Waals surface area (Å²) in [7, 11) is 2.21. The van der Waals surface area contributed by atoms with Crippen molar-refractivity contribution in [2.75, 3.05) is 19.3 Å². The fraction of sp³-hybridized carbons (Fsp3) is 0.600. The molecule has 0 atom stereocenters. The van der Waals surface area contributed by atoms with E-state index in [1.54, 1.807) is 0 Å². The number of rotatable bonds is 5. The molecule has 2 heteroatoms. The molecule has 1 aromatic rings. The predicted octanol–water partition coefficient (Wildman–Crippen LogP) is 3.28. The van der Waals surface area contributed by atoms with Crippen LogP contribution in [0.2, 0.25) is 0 Å². The van der Waals surface area contributed by atoms with Crippen LogP contribution in [-0.2, 0) is 6.54 Å². The fourth-order valence-electron chi connectivity index (χ4n) is 2.78. The molecule has 0 aromatic heterocycles. The second-order valence-electron chi connectivity index (χ2n) is 5.42. The molecule has 0 spiro atoms. The molecule has 0 aliphatic heterocycles. The lowest BCUT2D eigenvalue weighted by atomic mass is 10.0. The van der Waals surface area contributed by atoms with Crippen LogP contribution in [0.1, 0.15) is 37.7 Å². The van der Waals surface area contributed by atoms with E-state index in [0.717, 1.165) is 18.2 Å². The van der Waals surface area contributed by atoms with E-state index in [-0.39, 0.29) is 0 Å². The molecule has 1 fully saturated rings. The summed E-state index contributed by atoms with van der Waals surface area (Å²) in [5, 5.41) is 0. The van der Waals surface area contributed by atoms with Crippen LogP contribution in [0.3, 0.4) is 0 Å². The Morgan fingerprint density at radius 1 is 1.29 bits per heavy atom. The van der Waals surface area contributed by atoms with Crippen molar-refractivity contribution in [1.29, 1.82) is 0 Å². The minimum Gasteiger partial charge on any atom is -0.399 e. The minimum absolute atomic E-state index is 0.867. The highest BCUT2D eigenvalue weighted by Crippen LogP contribution is 2.27. The van der Waals surface area contributed by atoms with Crippen LogP contribution >= 0.6 is 0 Å². The maximum absolute atomic E-state index is 5.79. The van der Waals surface area contributed by atoms with Crippen LogP contribution in [0, 0.1) is 5.92 Å². The van der Waals surface area contributed by atoms with E-state index in [9.17, 15) is 0 Å². The third kappa shape index (κ3) is 4.04. The number of nitrogens with two attached hydrogens (primary N) is 1. The zero-order chi connectivity index (χ0) is 12.1. The van der Waals surface area contributed by atoms with Gasteiger partial charge in [-0.25, -0.2) is 0 Å². The molecule has 17 heavy (non-hydrogen) atoms. The van der Waals surface area contributed by atoms with Crippen LogP contribution in [0.15, 0.2) is 24.3 Å². The van der Waals surface area contributed by atoms with Crippen molar-refractivity contribution in [2.24, 2.45) is 5.92 Å². The summed E-state index contributed by atoms with van der Waals surface area (Å²) in [6.45, 7) is 2.22. The van der Waals surface area contributed by atoms with Crippen LogP contribution < -0.4 is 5.73 Å². The van der Waals surface area contributed by atoms with Gasteiger partial charge >= 0.3 is 0 Å². The number of anilines is 1. The summed E-state index contributed by atoms with van der Waals surface area (Å²) in [5.74, 6) is 0.985. The molecular weight excluding hydrogens is 208 g/mol. The fourth-order valence-corrected chi connectivity index (χ4v) is 2.78. The first-order chi connectivity index (χ1) is 8.24. The van der Waals surface area contributed by atoms with Crippen LogP contribution in [0.25, 0.3) is 0 Å². The lowest BCUT2D eigenvalue weighted by molar-refractivity contribution is 0.294. The predicted molar refractivity (Wildman–Crippen MR) is 73.8 cm³/mol. The van der Waals surface area contributed by atoms with E-state index in [1.807, 2.05) is 12.1 Å². The van der Waals surface area contributed by atoms with Crippen molar-refractivity contribution in [3.8, 4) is 0 Å². The number of hydrogen-bond acceptors (Lipinski definition) is 2. The van der Waals surface area contributed by atoms with Crippen molar-refractivity contribution >= 4 is 5.69 Å². The molecule has 0 unspecified atom stereocenters. The normalized spacial score (nSPS) is 16.8. The summed E-state index contributed by atoms with van der Waals surface area (Å²) in [4.78, 5) is 2.41. The third-order valence-electron chi connectivity index (χ3n) is 3.80.